The number of carbonyl (C=O) groups is 2. The zero-order valence-electron chi connectivity index (χ0n) is 17.4. The minimum absolute atomic E-state index is 0.0568. The van der Waals surface area contributed by atoms with Gasteiger partial charge in [-0.05, 0) is 38.2 Å². The molecule has 9 nitrogen and oxygen atoms in total. The maximum Gasteiger partial charge on any atom is 0.305 e. The molecule has 0 bridgehead atoms. The van der Waals surface area contributed by atoms with Gasteiger partial charge >= 0.3 is 5.97 Å². The first kappa shape index (κ1) is 22.0. The van der Waals surface area contributed by atoms with Crippen molar-refractivity contribution in [2.24, 2.45) is 5.92 Å². The zero-order valence-corrected chi connectivity index (χ0v) is 17.4. The van der Waals surface area contributed by atoms with E-state index >= 15 is 0 Å². The Labute approximate surface area is 176 Å². The summed E-state index contributed by atoms with van der Waals surface area (Å²) in [6.07, 6.45) is 2.82. The molecular formula is C21H29N3O6. The standard InChI is InChI=1S/C21H29N3O6/c1-2-30-19(25)9-8-16-5-4-10-23(15-16)21(26)17-6-3-7-18(24(27)28)20(17)22-11-13-29-14-12-22/h3,6-7,16H,2,4-5,8-15H2,1H3/t16-/m0/s1. The molecule has 0 spiro atoms. The van der Waals surface area contributed by atoms with Crippen molar-refractivity contribution in [1.29, 1.82) is 0 Å². The first-order valence-electron chi connectivity index (χ1n) is 10.6. The van der Waals surface area contributed by atoms with Gasteiger partial charge in [0.2, 0.25) is 0 Å². The Morgan fingerprint density at radius 2 is 2.03 bits per heavy atom. The minimum Gasteiger partial charge on any atom is -0.466 e. The molecule has 164 valence electrons. The highest BCUT2D eigenvalue weighted by Gasteiger charge is 2.31. The molecule has 1 atom stereocenters. The van der Waals surface area contributed by atoms with Gasteiger partial charge in [0.15, 0.2) is 0 Å². The summed E-state index contributed by atoms with van der Waals surface area (Å²) < 4.78 is 10.4. The topological polar surface area (TPSA) is 102 Å². The molecule has 1 aromatic rings. The molecule has 2 aliphatic heterocycles. The number of carbonyl (C=O) groups excluding carboxylic acids is 2. The SMILES string of the molecule is CCOC(=O)CC[C@@H]1CCCN(C(=O)c2cccc([N+](=O)[O-])c2N2CCOCC2)C1. The molecule has 1 amide bonds. The van der Waals surface area contributed by atoms with Crippen LogP contribution in [0, 0.1) is 16.0 Å². The molecule has 0 saturated carbocycles. The molecule has 0 radical (unpaired) electrons. The number of likely N-dealkylation sites (tertiary alicyclic amines) is 1. The van der Waals surface area contributed by atoms with Crippen LogP contribution in [0.2, 0.25) is 0 Å². The maximum absolute atomic E-state index is 13.4. The monoisotopic (exact) mass is 419 g/mol. The number of piperidine rings is 1. The molecule has 0 N–H and O–H groups in total. The van der Waals surface area contributed by atoms with Crippen LogP contribution < -0.4 is 4.90 Å². The van der Waals surface area contributed by atoms with E-state index in [-0.39, 0.29) is 23.5 Å². The van der Waals surface area contributed by atoms with Crippen molar-refractivity contribution >= 4 is 23.3 Å². The third kappa shape index (κ3) is 5.27. The number of morpholine rings is 1. The molecule has 2 heterocycles. The lowest BCUT2D eigenvalue weighted by atomic mass is 9.92. The number of nitro benzene ring substituents is 1. The predicted molar refractivity (Wildman–Crippen MR) is 111 cm³/mol. The Morgan fingerprint density at radius 3 is 2.73 bits per heavy atom. The fraction of sp³-hybridized carbons (Fsp3) is 0.619. The molecule has 3 rings (SSSR count). The van der Waals surface area contributed by atoms with E-state index in [1.165, 1.54) is 6.07 Å². The normalized spacial score (nSPS) is 19.4. The first-order valence-corrected chi connectivity index (χ1v) is 10.6. The van der Waals surface area contributed by atoms with Crippen molar-refractivity contribution in [2.75, 3.05) is 50.9 Å². The summed E-state index contributed by atoms with van der Waals surface area (Å²) in [5, 5.41) is 11.6. The lowest BCUT2D eigenvalue weighted by molar-refractivity contribution is -0.384. The smallest absolute Gasteiger partial charge is 0.305 e. The minimum atomic E-state index is -0.431. The lowest BCUT2D eigenvalue weighted by Gasteiger charge is -2.35. The predicted octanol–water partition coefficient (Wildman–Crippen LogP) is 2.63. The first-order chi connectivity index (χ1) is 14.5. The van der Waals surface area contributed by atoms with Crippen molar-refractivity contribution in [3.63, 3.8) is 0 Å². The van der Waals surface area contributed by atoms with Gasteiger partial charge < -0.3 is 19.3 Å². The van der Waals surface area contributed by atoms with Crippen LogP contribution in [-0.4, -0.2) is 67.7 Å². The second-order valence-corrected chi connectivity index (χ2v) is 7.63. The summed E-state index contributed by atoms with van der Waals surface area (Å²) in [4.78, 5) is 39.9. The van der Waals surface area contributed by atoms with E-state index in [9.17, 15) is 19.7 Å². The van der Waals surface area contributed by atoms with Crippen LogP contribution in [0.25, 0.3) is 0 Å². The van der Waals surface area contributed by atoms with Gasteiger partial charge in [-0.15, -0.1) is 0 Å². The Bertz CT molecular complexity index is 778. The molecule has 2 aliphatic rings. The highest BCUT2D eigenvalue weighted by atomic mass is 16.6. The number of ether oxygens (including phenoxy) is 2. The number of nitrogens with zero attached hydrogens (tertiary/aromatic N) is 3. The van der Waals surface area contributed by atoms with Gasteiger partial charge in [0.05, 0.1) is 30.3 Å². The number of benzene rings is 1. The van der Waals surface area contributed by atoms with E-state index in [1.807, 2.05) is 4.90 Å². The third-order valence-corrected chi connectivity index (χ3v) is 5.64. The van der Waals surface area contributed by atoms with Gasteiger partial charge in [-0.2, -0.15) is 0 Å². The molecule has 2 saturated heterocycles. The van der Waals surface area contributed by atoms with Gasteiger partial charge in [-0.25, -0.2) is 0 Å². The number of para-hydroxylation sites is 1. The van der Waals surface area contributed by atoms with E-state index < -0.39 is 4.92 Å². The number of nitro groups is 1. The van der Waals surface area contributed by atoms with Crippen LogP contribution in [0.4, 0.5) is 11.4 Å². The van der Waals surface area contributed by atoms with E-state index in [0.29, 0.717) is 70.1 Å². The molecule has 9 heteroatoms. The second-order valence-electron chi connectivity index (χ2n) is 7.63. The van der Waals surface area contributed by atoms with E-state index in [1.54, 1.807) is 24.0 Å². The zero-order chi connectivity index (χ0) is 21.5. The van der Waals surface area contributed by atoms with Crippen LogP contribution in [0.3, 0.4) is 0 Å². The van der Waals surface area contributed by atoms with Crippen molar-refractivity contribution in [1.82, 2.24) is 4.90 Å². The Hall–Kier alpha value is -2.68. The highest BCUT2D eigenvalue weighted by molar-refractivity contribution is 6.02. The van der Waals surface area contributed by atoms with Crippen molar-refractivity contribution in [3.8, 4) is 0 Å². The van der Waals surface area contributed by atoms with Crippen molar-refractivity contribution < 1.29 is 24.0 Å². The summed E-state index contributed by atoms with van der Waals surface area (Å²) in [6.45, 7) is 5.26. The fourth-order valence-corrected chi connectivity index (χ4v) is 4.18. The Kier molecular flexibility index (Phi) is 7.62. The number of hydrogen-bond acceptors (Lipinski definition) is 7. The van der Waals surface area contributed by atoms with Gasteiger partial charge in [0.1, 0.15) is 5.69 Å². The maximum atomic E-state index is 13.4. The van der Waals surface area contributed by atoms with Crippen molar-refractivity contribution in [2.45, 2.75) is 32.6 Å². The summed E-state index contributed by atoms with van der Waals surface area (Å²) in [7, 11) is 0. The van der Waals surface area contributed by atoms with E-state index in [2.05, 4.69) is 0 Å². The summed E-state index contributed by atoms with van der Waals surface area (Å²) in [5.41, 5.74) is 0.681. The van der Waals surface area contributed by atoms with Crippen LogP contribution in [-0.2, 0) is 14.3 Å². The molecular weight excluding hydrogens is 390 g/mol. The van der Waals surface area contributed by atoms with Crippen LogP contribution >= 0.6 is 0 Å². The van der Waals surface area contributed by atoms with Crippen molar-refractivity contribution in [3.05, 3.63) is 33.9 Å². The fourth-order valence-electron chi connectivity index (χ4n) is 4.18. The summed E-state index contributed by atoms with van der Waals surface area (Å²) in [6, 6.07) is 4.68. The number of hydrogen-bond donors (Lipinski definition) is 0. The number of esters is 1. The van der Waals surface area contributed by atoms with Crippen LogP contribution in [0.5, 0.6) is 0 Å². The van der Waals surface area contributed by atoms with E-state index in [0.717, 1.165) is 12.8 Å². The Balaban J connectivity index is 1.77. The molecule has 0 aromatic heterocycles. The van der Waals surface area contributed by atoms with Gasteiger partial charge in [-0.1, -0.05) is 6.07 Å². The number of amides is 1. The van der Waals surface area contributed by atoms with E-state index in [4.69, 9.17) is 9.47 Å². The average Bonchev–Trinajstić information content (AvgIpc) is 2.77. The van der Waals surface area contributed by atoms with Crippen LogP contribution in [0.15, 0.2) is 18.2 Å². The van der Waals surface area contributed by atoms with Gasteiger partial charge in [0, 0.05) is 38.7 Å². The molecule has 2 fully saturated rings. The summed E-state index contributed by atoms with van der Waals surface area (Å²) >= 11 is 0. The second kappa shape index (κ2) is 10.4. The number of anilines is 1. The Morgan fingerprint density at radius 1 is 1.27 bits per heavy atom. The largest absolute Gasteiger partial charge is 0.466 e. The molecule has 0 unspecified atom stereocenters. The molecule has 30 heavy (non-hydrogen) atoms. The molecule has 0 aliphatic carbocycles. The molecule has 1 aromatic carbocycles. The van der Waals surface area contributed by atoms with Gasteiger partial charge in [-0.3, -0.25) is 19.7 Å². The average molecular weight is 419 g/mol. The lowest BCUT2D eigenvalue weighted by Crippen LogP contribution is -2.42. The van der Waals surface area contributed by atoms with Gasteiger partial charge in [0.25, 0.3) is 11.6 Å². The quantitative estimate of drug-likeness (QED) is 0.380. The third-order valence-electron chi connectivity index (χ3n) is 5.64. The number of rotatable bonds is 7. The summed E-state index contributed by atoms with van der Waals surface area (Å²) in [5.74, 6) is -0.187. The van der Waals surface area contributed by atoms with Crippen LogP contribution in [0.1, 0.15) is 43.0 Å². The highest BCUT2D eigenvalue weighted by Crippen LogP contribution is 2.34.